The number of nitrogens with one attached hydrogen (secondary N) is 1. The lowest BCUT2D eigenvalue weighted by atomic mass is 10.00. The van der Waals surface area contributed by atoms with E-state index in [1.54, 1.807) is 66.7 Å². The molecule has 0 fully saturated rings. The molecule has 3 aromatic carbocycles. The molecule has 1 atom stereocenters. The van der Waals surface area contributed by atoms with E-state index in [9.17, 15) is 18.8 Å². The van der Waals surface area contributed by atoms with Gasteiger partial charge in [-0.2, -0.15) is 0 Å². The minimum absolute atomic E-state index is 0.0462. The van der Waals surface area contributed by atoms with E-state index in [1.807, 2.05) is 0 Å². The summed E-state index contributed by atoms with van der Waals surface area (Å²) in [6.07, 6.45) is -0.958. The van der Waals surface area contributed by atoms with E-state index in [-0.39, 0.29) is 31.1 Å². The Bertz CT molecular complexity index is 1540. The van der Waals surface area contributed by atoms with Gasteiger partial charge in [0.25, 0.3) is 0 Å². The zero-order valence-corrected chi connectivity index (χ0v) is 22.0. The van der Waals surface area contributed by atoms with Crippen molar-refractivity contribution in [3.05, 3.63) is 110 Å². The third-order valence-corrected chi connectivity index (χ3v) is 6.52. The smallest absolute Gasteiger partial charge is 0.404 e. The monoisotopic (exact) mass is 571 g/mol. The van der Waals surface area contributed by atoms with Gasteiger partial charge in [0.2, 0.25) is 5.91 Å². The van der Waals surface area contributed by atoms with Crippen molar-refractivity contribution < 1.29 is 18.7 Å². The zero-order valence-electron chi connectivity index (χ0n) is 20.5. The number of aromatic nitrogens is 3. The summed E-state index contributed by atoms with van der Waals surface area (Å²) in [5.41, 5.74) is 6.01. The van der Waals surface area contributed by atoms with Crippen molar-refractivity contribution in [3.63, 3.8) is 0 Å². The predicted molar refractivity (Wildman–Crippen MR) is 145 cm³/mol. The van der Waals surface area contributed by atoms with E-state index >= 15 is 0 Å². The molecule has 3 N–H and O–H groups in total. The number of benzene rings is 3. The average Bonchev–Trinajstić information content (AvgIpc) is 3.21. The predicted octanol–water partition coefficient (Wildman–Crippen LogP) is 4.20. The Balaban J connectivity index is 1.57. The number of nitrogens with two attached hydrogens (primary N) is 1. The van der Waals surface area contributed by atoms with Crippen LogP contribution in [0.5, 0.6) is 0 Å². The Kier molecular flexibility index (Phi) is 9.00. The van der Waals surface area contributed by atoms with E-state index < -0.39 is 36.0 Å². The van der Waals surface area contributed by atoms with Crippen LogP contribution in [-0.4, -0.2) is 39.5 Å². The van der Waals surface area contributed by atoms with E-state index in [2.05, 4.69) is 10.4 Å². The lowest BCUT2D eigenvalue weighted by Crippen LogP contribution is -2.36. The fourth-order valence-electron chi connectivity index (χ4n) is 3.97. The van der Waals surface area contributed by atoms with Crippen LogP contribution in [0.15, 0.2) is 77.6 Å². The van der Waals surface area contributed by atoms with Crippen molar-refractivity contribution in [2.24, 2.45) is 5.73 Å². The van der Waals surface area contributed by atoms with Crippen LogP contribution < -0.4 is 16.7 Å². The Morgan fingerprint density at radius 2 is 1.72 bits per heavy atom. The largest absolute Gasteiger partial charge is 0.449 e. The molecule has 12 heteroatoms. The molecule has 0 aliphatic rings. The molecule has 0 saturated heterocycles. The maximum absolute atomic E-state index is 14.4. The number of hydrogen-bond donors (Lipinski definition) is 2. The second-order valence-electron chi connectivity index (χ2n) is 8.60. The van der Waals surface area contributed by atoms with Gasteiger partial charge in [0, 0.05) is 33.6 Å². The van der Waals surface area contributed by atoms with Crippen LogP contribution in [0.1, 0.15) is 17.0 Å². The normalized spacial score (nSPS) is 11.7. The third kappa shape index (κ3) is 7.04. The van der Waals surface area contributed by atoms with E-state index in [0.29, 0.717) is 21.2 Å². The van der Waals surface area contributed by atoms with Crippen molar-refractivity contribution >= 4 is 35.2 Å². The minimum Gasteiger partial charge on any atom is -0.449 e. The Labute approximate surface area is 232 Å². The molecule has 1 heterocycles. The lowest BCUT2D eigenvalue weighted by Gasteiger charge is -2.18. The number of hydrogen-bond acceptors (Lipinski definition) is 5. The van der Waals surface area contributed by atoms with Crippen LogP contribution in [0.4, 0.5) is 9.18 Å². The van der Waals surface area contributed by atoms with Crippen molar-refractivity contribution in [3.8, 4) is 11.4 Å². The second-order valence-corrected chi connectivity index (χ2v) is 9.44. The molecule has 1 aromatic heterocycles. The average molecular weight is 572 g/mol. The number of rotatable bonds is 10. The van der Waals surface area contributed by atoms with Gasteiger partial charge in [0.15, 0.2) is 5.82 Å². The molecular formula is C27H24Cl2FN5O4. The van der Waals surface area contributed by atoms with Gasteiger partial charge in [-0.1, -0.05) is 59.6 Å². The molecule has 2 amide bonds. The van der Waals surface area contributed by atoms with Crippen molar-refractivity contribution in [1.29, 1.82) is 0 Å². The van der Waals surface area contributed by atoms with Gasteiger partial charge in [0.05, 0.1) is 6.54 Å². The van der Waals surface area contributed by atoms with Crippen molar-refractivity contribution in [2.75, 3.05) is 13.2 Å². The Morgan fingerprint density at radius 3 is 2.41 bits per heavy atom. The first kappa shape index (κ1) is 27.9. The Morgan fingerprint density at radius 1 is 1.03 bits per heavy atom. The molecule has 4 aromatic rings. The summed E-state index contributed by atoms with van der Waals surface area (Å²) in [6.45, 7) is -0.568. The van der Waals surface area contributed by atoms with Gasteiger partial charge in [0.1, 0.15) is 19.0 Å². The van der Waals surface area contributed by atoms with Crippen LogP contribution in [0.3, 0.4) is 0 Å². The summed E-state index contributed by atoms with van der Waals surface area (Å²) >= 11 is 12.3. The summed E-state index contributed by atoms with van der Waals surface area (Å²) < 4.78 is 21.6. The van der Waals surface area contributed by atoms with Gasteiger partial charge in [-0.3, -0.25) is 9.36 Å². The fourth-order valence-corrected chi connectivity index (χ4v) is 4.39. The van der Waals surface area contributed by atoms with Gasteiger partial charge in [-0.15, -0.1) is 5.10 Å². The third-order valence-electron chi connectivity index (χ3n) is 5.92. The van der Waals surface area contributed by atoms with Gasteiger partial charge >= 0.3 is 11.8 Å². The SMILES string of the molecule is NC(=O)OCC(CNC(=O)Cn1nc(-c2ccc(Cl)cc2)n(Cc2ccccc2F)c1=O)c1ccccc1Cl. The highest BCUT2D eigenvalue weighted by molar-refractivity contribution is 6.31. The molecule has 0 radical (unpaired) electrons. The van der Waals surface area contributed by atoms with Gasteiger partial charge in [-0.25, -0.2) is 18.7 Å². The molecule has 0 aliphatic heterocycles. The van der Waals surface area contributed by atoms with Crippen molar-refractivity contribution in [2.45, 2.75) is 19.0 Å². The fraction of sp³-hybridized carbons (Fsp3) is 0.185. The molecule has 0 spiro atoms. The molecule has 1 unspecified atom stereocenters. The minimum atomic E-state index is -0.958. The number of ether oxygens (including phenoxy) is 1. The van der Waals surface area contributed by atoms with Crippen LogP contribution in [0.25, 0.3) is 11.4 Å². The molecule has 39 heavy (non-hydrogen) atoms. The van der Waals surface area contributed by atoms with Gasteiger partial charge in [-0.05, 0) is 42.0 Å². The zero-order chi connectivity index (χ0) is 27.9. The van der Waals surface area contributed by atoms with E-state index in [4.69, 9.17) is 33.7 Å². The topological polar surface area (TPSA) is 121 Å². The summed E-state index contributed by atoms with van der Waals surface area (Å²) in [4.78, 5) is 37.3. The van der Waals surface area contributed by atoms with Crippen molar-refractivity contribution in [1.82, 2.24) is 19.7 Å². The standard InChI is InChI=1S/C27H24Cl2FN5O4/c28-20-11-9-17(10-12-20)25-33-35(27(38)34(25)14-18-5-1-4-8-23(18)30)15-24(36)32-13-19(16-39-26(31)37)21-6-2-3-7-22(21)29/h1-12,19H,13-16H2,(H2,31,37)(H,32,36). The number of primary amides is 1. The first-order chi connectivity index (χ1) is 18.7. The highest BCUT2D eigenvalue weighted by Crippen LogP contribution is 2.24. The van der Waals surface area contributed by atoms with Crippen LogP contribution in [0.2, 0.25) is 10.0 Å². The number of nitrogens with zero attached hydrogens (tertiary/aromatic N) is 3. The first-order valence-electron chi connectivity index (χ1n) is 11.8. The van der Waals surface area contributed by atoms with E-state index in [1.165, 1.54) is 10.6 Å². The Hall–Kier alpha value is -4.15. The molecule has 0 bridgehead atoms. The molecule has 0 saturated carbocycles. The summed E-state index contributed by atoms with van der Waals surface area (Å²) in [5, 5.41) is 8.02. The molecule has 9 nitrogen and oxygen atoms in total. The highest BCUT2D eigenvalue weighted by atomic mass is 35.5. The quantitative estimate of drug-likeness (QED) is 0.295. The van der Waals surface area contributed by atoms with Crippen LogP contribution >= 0.6 is 23.2 Å². The van der Waals surface area contributed by atoms with Crippen LogP contribution in [0, 0.1) is 5.82 Å². The summed E-state index contributed by atoms with van der Waals surface area (Å²) in [6, 6.07) is 19.7. The maximum atomic E-state index is 14.4. The molecule has 0 aliphatic carbocycles. The summed E-state index contributed by atoms with van der Waals surface area (Å²) in [7, 11) is 0. The number of amides is 2. The summed E-state index contributed by atoms with van der Waals surface area (Å²) in [5.74, 6) is -1.24. The number of halogens is 3. The first-order valence-corrected chi connectivity index (χ1v) is 12.6. The maximum Gasteiger partial charge on any atom is 0.404 e. The molecule has 4 rings (SSSR count). The number of carbonyl (C=O) groups excluding carboxylic acids is 2. The van der Waals surface area contributed by atoms with Gasteiger partial charge < -0.3 is 15.8 Å². The lowest BCUT2D eigenvalue weighted by molar-refractivity contribution is -0.122. The van der Waals surface area contributed by atoms with Crippen LogP contribution in [-0.2, 0) is 22.6 Å². The highest BCUT2D eigenvalue weighted by Gasteiger charge is 2.21. The molecular weight excluding hydrogens is 548 g/mol. The molecule has 202 valence electrons. The van der Waals surface area contributed by atoms with E-state index in [0.717, 1.165) is 4.68 Å². The second kappa shape index (κ2) is 12.6. The number of carbonyl (C=O) groups is 2.